The van der Waals surface area contributed by atoms with Crippen molar-refractivity contribution in [2.45, 2.75) is 32.8 Å². The molecule has 20 heavy (non-hydrogen) atoms. The summed E-state index contributed by atoms with van der Waals surface area (Å²) in [7, 11) is 0. The summed E-state index contributed by atoms with van der Waals surface area (Å²) in [5, 5.41) is 0.879. The molecule has 1 saturated carbocycles. The smallest absolute Gasteiger partial charge is 0.309 e. The van der Waals surface area contributed by atoms with Crippen LogP contribution in [0.1, 0.15) is 35.8 Å². The van der Waals surface area contributed by atoms with E-state index in [9.17, 15) is 9.59 Å². The Morgan fingerprint density at radius 1 is 1.30 bits per heavy atom. The molecule has 1 aromatic carbocycles. The lowest BCUT2D eigenvalue weighted by molar-refractivity contribution is -0.147. The Morgan fingerprint density at radius 2 is 2.00 bits per heavy atom. The summed E-state index contributed by atoms with van der Waals surface area (Å²) in [6, 6.07) is 7.65. The standard InChI is InChI=1S/C16H17NO3/c1-9-14(12-5-3-4-6-13(12)17-9)15(18)10(2)20-16(19)11-7-8-11/h3-6,10-11,17H,7-8H2,1-2H3/t10-/m1/s1. The topological polar surface area (TPSA) is 59.2 Å². The lowest BCUT2D eigenvalue weighted by Crippen LogP contribution is -2.25. The number of ether oxygens (including phenoxy) is 1. The molecule has 2 aromatic rings. The summed E-state index contributed by atoms with van der Waals surface area (Å²) in [5.74, 6) is -0.383. The molecule has 3 rings (SSSR count). The van der Waals surface area contributed by atoms with E-state index in [0.29, 0.717) is 5.56 Å². The average Bonchev–Trinajstić information content (AvgIpc) is 3.20. The maximum Gasteiger partial charge on any atom is 0.309 e. The van der Waals surface area contributed by atoms with Gasteiger partial charge in [0.2, 0.25) is 5.78 Å². The van der Waals surface area contributed by atoms with Crippen LogP contribution in [0.5, 0.6) is 0 Å². The molecule has 0 radical (unpaired) electrons. The molecule has 1 aliphatic rings. The number of para-hydroxylation sites is 1. The van der Waals surface area contributed by atoms with Gasteiger partial charge in [0, 0.05) is 22.2 Å². The lowest BCUT2D eigenvalue weighted by Gasteiger charge is -2.12. The van der Waals surface area contributed by atoms with Crippen molar-refractivity contribution in [1.29, 1.82) is 0 Å². The van der Waals surface area contributed by atoms with Crippen molar-refractivity contribution >= 4 is 22.7 Å². The van der Waals surface area contributed by atoms with Crippen molar-refractivity contribution in [2.75, 3.05) is 0 Å². The molecule has 1 fully saturated rings. The first kappa shape index (κ1) is 12.9. The third-order valence-electron chi connectivity index (χ3n) is 3.71. The molecule has 0 saturated heterocycles. The van der Waals surface area contributed by atoms with Crippen molar-refractivity contribution < 1.29 is 14.3 Å². The lowest BCUT2D eigenvalue weighted by atomic mass is 10.0. The van der Waals surface area contributed by atoms with Crippen molar-refractivity contribution in [3.05, 3.63) is 35.5 Å². The number of aromatic nitrogens is 1. The van der Waals surface area contributed by atoms with Gasteiger partial charge in [0.05, 0.1) is 5.92 Å². The first-order valence-electron chi connectivity index (χ1n) is 6.90. The number of fused-ring (bicyclic) bond motifs is 1. The van der Waals surface area contributed by atoms with E-state index >= 15 is 0 Å². The number of ketones is 1. The van der Waals surface area contributed by atoms with Crippen LogP contribution in [0, 0.1) is 12.8 Å². The fourth-order valence-corrected chi connectivity index (χ4v) is 2.44. The second kappa shape index (κ2) is 4.78. The number of aryl methyl sites for hydroxylation is 1. The molecule has 1 aromatic heterocycles. The molecule has 1 heterocycles. The summed E-state index contributed by atoms with van der Waals surface area (Å²) < 4.78 is 5.26. The Balaban J connectivity index is 1.87. The van der Waals surface area contributed by atoms with Gasteiger partial charge in [0.1, 0.15) is 0 Å². The molecule has 1 atom stereocenters. The Bertz CT molecular complexity index is 682. The van der Waals surface area contributed by atoms with Crippen LogP contribution in [0.25, 0.3) is 10.9 Å². The maximum absolute atomic E-state index is 12.5. The van der Waals surface area contributed by atoms with Crippen molar-refractivity contribution in [3.8, 4) is 0 Å². The number of H-pyrrole nitrogens is 1. The van der Waals surface area contributed by atoms with Crippen LogP contribution in [0.3, 0.4) is 0 Å². The van der Waals surface area contributed by atoms with Gasteiger partial charge in [-0.2, -0.15) is 0 Å². The highest BCUT2D eigenvalue weighted by atomic mass is 16.5. The van der Waals surface area contributed by atoms with Crippen molar-refractivity contribution in [2.24, 2.45) is 5.92 Å². The Hall–Kier alpha value is -2.10. The fraction of sp³-hybridized carbons (Fsp3) is 0.375. The molecule has 1 aliphatic carbocycles. The van der Waals surface area contributed by atoms with E-state index in [1.54, 1.807) is 6.92 Å². The van der Waals surface area contributed by atoms with Crippen molar-refractivity contribution in [3.63, 3.8) is 0 Å². The molecule has 0 amide bonds. The molecule has 4 nitrogen and oxygen atoms in total. The predicted molar refractivity (Wildman–Crippen MR) is 75.6 cm³/mol. The zero-order chi connectivity index (χ0) is 14.3. The minimum Gasteiger partial charge on any atom is -0.454 e. The first-order chi connectivity index (χ1) is 9.58. The number of hydrogen-bond acceptors (Lipinski definition) is 3. The molecular weight excluding hydrogens is 254 g/mol. The number of esters is 1. The number of benzene rings is 1. The van der Waals surface area contributed by atoms with Crippen LogP contribution in [-0.4, -0.2) is 22.8 Å². The quantitative estimate of drug-likeness (QED) is 0.687. The van der Waals surface area contributed by atoms with Crippen LogP contribution in [0.4, 0.5) is 0 Å². The number of hydrogen-bond donors (Lipinski definition) is 1. The largest absolute Gasteiger partial charge is 0.454 e. The zero-order valence-corrected chi connectivity index (χ0v) is 11.6. The van der Waals surface area contributed by atoms with E-state index in [-0.39, 0.29) is 17.7 Å². The monoisotopic (exact) mass is 271 g/mol. The third kappa shape index (κ3) is 2.22. The third-order valence-corrected chi connectivity index (χ3v) is 3.71. The molecule has 0 aliphatic heterocycles. The molecule has 0 spiro atoms. The van der Waals surface area contributed by atoms with Gasteiger partial charge < -0.3 is 9.72 Å². The molecule has 104 valence electrons. The summed E-state index contributed by atoms with van der Waals surface area (Å²) in [6.45, 7) is 3.51. The summed E-state index contributed by atoms with van der Waals surface area (Å²) in [4.78, 5) is 27.4. The Kier molecular flexibility index (Phi) is 3.08. The SMILES string of the molecule is Cc1[nH]c2ccccc2c1C(=O)[C@@H](C)OC(=O)C1CC1. The van der Waals surface area contributed by atoms with Gasteiger partial charge in [-0.1, -0.05) is 18.2 Å². The van der Waals surface area contributed by atoms with E-state index in [2.05, 4.69) is 4.98 Å². The van der Waals surface area contributed by atoms with Gasteiger partial charge in [0.15, 0.2) is 6.10 Å². The van der Waals surface area contributed by atoms with Crippen LogP contribution in [0.15, 0.2) is 24.3 Å². The van der Waals surface area contributed by atoms with Crippen LogP contribution < -0.4 is 0 Å². The number of aromatic amines is 1. The van der Waals surface area contributed by atoms with Crippen LogP contribution in [-0.2, 0) is 9.53 Å². The summed E-state index contributed by atoms with van der Waals surface area (Å²) in [6.07, 6.45) is 1.03. The van der Waals surface area contributed by atoms with E-state index in [1.807, 2.05) is 31.2 Å². The summed E-state index contributed by atoms with van der Waals surface area (Å²) >= 11 is 0. The second-order valence-corrected chi connectivity index (χ2v) is 5.39. The number of nitrogens with one attached hydrogen (secondary N) is 1. The number of rotatable bonds is 4. The Morgan fingerprint density at radius 3 is 2.70 bits per heavy atom. The molecule has 0 unspecified atom stereocenters. The van der Waals surface area contributed by atoms with E-state index in [1.165, 1.54) is 0 Å². The minimum atomic E-state index is -0.735. The maximum atomic E-state index is 12.5. The van der Waals surface area contributed by atoms with Gasteiger partial charge in [-0.15, -0.1) is 0 Å². The van der Waals surface area contributed by atoms with Crippen molar-refractivity contribution in [1.82, 2.24) is 4.98 Å². The first-order valence-corrected chi connectivity index (χ1v) is 6.90. The van der Waals surface area contributed by atoms with E-state index in [0.717, 1.165) is 29.4 Å². The summed E-state index contributed by atoms with van der Waals surface area (Å²) in [5.41, 5.74) is 2.36. The normalized spacial score (nSPS) is 16.1. The van der Waals surface area contributed by atoms with Gasteiger partial charge in [-0.25, -0.2) is 0 Å². The molecule has 4 heteroatoms. The number of carbonyl (C=O) groups excluding carboxylic acids is 2. The molecule has 0 bridgehead atoms. The fourth-order valence-electron chi connectivity index (χ4n) is 2.44. The average molecular weight is 271 g/mol. The van der Waals surface area contributed by atoms with Gasteiger partial charge in [-0.05, 0) is 32.8 Å². The highest BCUT2D eigenvalue weighted by Gasteiger charge is 2.34. The molecular formula is C16H17NO3. The highest BCUT2D eigenvalue weighted by Crippen LogP contribution is 2.31. The second-order valence-electron chi connectivity index (χ2n) is 5.39. The Labute approximate surface area is 117 Å². The zero-order valence-electron chi connectivity index (χ0n) is 11.6. The van der Waals surface area contributed by atoms with Crippen LogP contribution >= 0.6 is 0 Å². The van der Waals surface area contributed by atoms with Gasteiger partial charge >= 0.3 is 5.97 Å². The van der Waals surface area contributed by atoms with E-state index in [4.69, 9.17) is 4.74 Å². The predicted octanol–water partition coefficient (Wildman–Crippen LogP) is 3.00. The number of carbonyl (C=O) groups is 2. The van der Waals surface area contributed by atoms with Gasteiger partial charge in [0.25, 0.3) is 0 Å². The van der Waals surface area contributed by atoms with E-state index < -0.39 is 6.10 Å². The molecule has 1 N–H and O–H groups in total. The van der Waals surface area contributed by atoms with Crippen LogP contribution in [0.2, 0.25) is 0 Å². The minimum absolute atomic E-state index is 0.00863. The highest BCUT2D eigenvalue weighted by molar-refractivity contribution is 6.11. The number of Topliss-reactive ketones (excluding diaryl/α,β-unsaturated/α-hetero) is 1. The van der Waals surface area contributed by atoms with Gasteiger partial charge in [-0.3, -0.25) is 9.59 Å².